The molecule has 1 atom stereocenters. The molecule has 1 amide bonds. The van der Waals surface area contributed by atoms with E-state index < -0.39 is 0 Å². The second-order valence-corrected chi connectivity index (χ2v) is 5.71. The molecule has 3 rings (SSSR count). The number of likely N-dealkylation sites (tertiary alicyclic amines) is 1. The number of aromatic nitrogens is 1. The third-order valence-electron chi connectivity index (χ3n) is 4.04. The highest BCUT2D eigenvalue weighted by Gasteiger charge is 2.20. The van der Waals surface area contributed by atoms with Crippen molar-refractivity contribution < 1.29 is 9.90 Å². The van der Waals surface area contributed by atoms with Crippen molar-refractivity contribution in [3.8, 4) is 0 Å². The normalized spacial score (nSPS) is 18.5. The molecular weight excluding hydrogens is 278 g/mol. The predicted molar refractivity (Wildman–Crippen MR) is 84.3 cm³/mol. The molecular formula is C17H21N3O2. The van der Waals surface area contributed by atoms with Crippen LogP contribution in [0.25, 0.3) is 0 Å². The summed E-state index contributed by atoms with van der Waals surface area (Å²) in [5, 5.41) is 12.6. The number of carbonyl (C=O) groups excluding carboxylic acids is 1. The van der Waals surface area contributed by atoms with Crippen LogP contribution in [0.3, 0.4) is 0 Å². The van der Waals surface area contributed by atoms with Crippen molar-refractivity contribution in [2.24, 2.45) is 0 Å². The largest absolute Gasteiger partial charge is 0.392 e. The predicted octanol–water partition coefficient (Wildman–Crippen LogP) is 1.51. The summed E-state index contributed by atoms with van der Waals surface area (Å²) in [5.74, 6) is -0.101. The lowest BCUT2D eigenvalue weighted by Gasteiger charge is -2.18. The number of amides is 1. The van der Waals surface area contributed by atoms with E-state index in [1.807, 2.05) is 24.3 Å². The van der Waals surface area contributed by atoms with Crippen LogP contribution >= 0.6 is 0 Å². The number of nitrogens with zero attached hydrogens (tertiary/aromatic N) is 1. The minimum atomic E-state index is -0.209. The van der Waals surface area contributed by atoms with Gasteiger partial charge in [-0.05, 0) is 29.7 Å². The van der Waals surface area contributed by atoms with Gasteiger partial charge < -0.3 is 15.4 Å². The van der Waals surface area contributed by atoms with E-state index >= 15 is 0 Å². The number of nitrogens with one attached hydrogen (secondary N) is 2. The Kier molecular flexibility index (Phi) is 4.56. The van der Waals surface area contributed by atoms with Crippen LogP contribution < -0.4 is 5.32 Å². The Bertz CT molecular complexity index is 625. The molecule has 1 unspecified atom stereocenters. The summed E-state index contributed by atoms with van der Waals surface area (Å²) in [6, 6.07) is 11.7. The molecule has 0 bridgehead atoms. The van der Waals surface area contributed by atoms with E-state index in [1.54, 1.807) is 12.3 Å². The summed E-state index contributed by atoms with van der Waals surface area (Å²) >= 11 is 0. The molecule has 0 radical (unpaired) electrons. The smallest absolute Gasteiger partial charge is 0.267 e. The zero-order chi connectivity index (χ0) is 15.4. The lowest BCUT2D eigenvalue weighted by Crippen LogP contribution is -2.25. The number of hydrogen-bond donors (Lipinski definition) is 3. The molecule has 116 valence electrons. The number of carbonyl (C=O) groups is 1. The monoisotopic (exact) mass is 299 g/mol. The second kappa shape index (κ2) is 6.77. The summed E-state index contributed by atoms with van der Waals surface area (Å²) in [4.78, 5) is 17.1. The summed E-state index contributed by atoms with van der Waals surface area (Å²) in [6.45, 7) is 2.96. The third kappa shape index (κ3) is 3.55. The first kappa shape index (κ1) is 14.8. The Balaban J connectivity index is 1.62. The minimum absolute atomic E-state index is 0.101. The van der Waals surface area contributed by atoms with Gasteiger partial charge in [0, 0.05) is 32.4 Å². The molecule has 1 aliphatic rings. The fourth-order valence-electron chi connectivity index (χ4n) is 2.82. The SMILES string of the molecule is O=C(NCc1ccccc1CN1CCC(O)C1)c1ccc[nH]1. The van der Waals surface area contributed by atoms with Crippen LogP contribution in [0.15, 0.2) is 42.6 Å². The lowest BCUT2D eigenvalue weighted by atomic mass is 10.1. The van der Waals surface area contributed by atoms with E-state index in [9.17, 15) is 9.90 Å². The molecule has 1 saturated heterocycles. The Morgan fingerprint density at radius 2 is 2.09 bits per heavy atom. The molecule has 1 fully saturated rings. The third-order valence-corrected chi connectivity index (χ3v) is 4.04. The molecule has 5 nitrogen and oxygen atoms in total. The highest BCUT2D eigenvalue weighted by Crippen LogP contribution is 2.16. The summed E-state index contributed by atoms with van der Waals surface area (Å²) < 4.78 is 0. The van der Waals surface area contributed by atoms with Crippen LogP contribution in [0.1, 0.15) is 28.0 Å². The quantitative estimate of drug-likeness (QED) is 0.784. The maximum atomic E-state index is 12.0. The number of H-pyrrole nitrogens is 1. The molecule has 22 heavy (non-hydrogen) atoms. The summed E-state index contributed by atoms with van der Waals surface area (Å²) in [7, 11) is 0. The molecule has 1 aliphatic heterocycles. The van der Waals surface area contributed by atoms with Gasteiger partial charge in [-0.3, -0.25) is 9.69 Å². The first-order chi connectivity index (χ1) is 10.7. The zero-order valence-corrected chi connectivity index (χ0v) is 12.5. The van der Waals surface area contributed by atoms with Crippen molar-refractivity contribution >= 4 is 5.91 Å². The van der Waals surface area contributed by atoms with Gasteiger partial charge in [0.25, 0.3) is 5.91 Å². The van der Waals surface area contributed by atoms with Crippen molar-refractivity contribution in [1.82, 2.24) is 15.2 Å². The van der Waals surface area contributed by atoms with E-state index in [0.29, 0.717) is 12.2 Å². The number of aliphatic hydroxyl groups excluding tert-OH is 1. The van der Waals surface area contributed by atoms with Crippen molar-refractivity contribution in [2.75, 3.05) is 13.1 Å². The van der Waals surface area contributed by atoms with E-state index in [4.69, 9.17) is 0 Å². The standard InChI is InChI=1S/C17H21N3O2/c21-15-7-9-20(12-15)11-14-5-2-1-4-13(14)10-19-17(22)16-6-3-8-18-16/h1-6,8,15,18,21H,7,9-12H2,(H,19,22). The molecule has 5 heteroatoms. The van der Waals surface area contributed by atoms with E-state index in [0.717, 1.165) is 31.6 Å². The fraction of sp³-hybridized carbons (Fsp3) is 0.353. The van der Waals surface area contributed by atoms with Gasteiger partial charge in [0.1, 0.15) is 5.69 Å². The molecule has 0 aliphatic carbocycles. The number of aliphatic hydroxyl groups is 1. The van der Waals surface area contributed by atoms with Gasteiger partial charge in [-0.2, -0.15) is 0 Å². The van der Waals surface area contributed by atoms with Crippen LogP contribution in [0.2, 0.25) is 0 Å². The highest BCUT2D eigenvalue weighted by molar-refractivity contribution is 5.92. The zero-order valence-electron chi connectivity index (χ0n) is 12.5. The second-order valence-electron chi connectivity index (χ2n) is 5.71. The average molecular weight is 299 g/mol. The number of aromatic amines is 1. The van der Waals surface area contributed by atoms with Crippen molar-refractivity contribution in [1.29, 1.82) is 0 Å². The maximum absolute atomic E-state index is 12.0. The van der Waals surface area contributed by atoms with Crippen LogP contribution in [-0.4, -0.2) is 40.1 Å². The topological polar surface area (TPSA) is 68.4 Å². The van der Waals surface area contributed by atoms with Gasteiger partial charge in [0.15, 0.2) is 0 Å². The Morgan fingerprint density at radius 1 is 1.27 bits per heavy atom. The lowest BCUT2D eigenvalue weighted by molar-refractivity contribution is 0.0946. The molecule has 1 aromatic heterocycles. The van der Waals surface area contributed by atoms with Gasteiger partial charge >= 0.3 is 0 Å². The van der Waals surface area contributed by atoms with Gasteiger partial charge in [-0.15, -0.1) is 0 Å². The van der Waals surface area contributed by atoms with Crippen LogP contribution in [0, 0.1) is 0 Å². The van der Waals surface area contributed by atoms with Crippen LogP contribution in [-0.2, 0) is 13.1 Å². The first-order valence-corrected chi connectivity index (χ1v) is 7.61. The van der Waals surface area contributed by atoms with Crippen LogP contribution in [0.4, 0.5) is 0 Å². The molecule has 2 aromatic rings. The van der Waals surface area contributed by atoms with Gasteiger partial charge in [0.05, 0.1) is 6.10 Å². The Hall–Kier alpha value is -2.11. The minimum Gasteiger partial charge on any atom is -0.392 e. The first-order valence-electron chi connectivity index (χ1n) is 7.61. The van der Waals surface area contributed by atoms with Gasteiger partial charge in [-0.1, -0.05) is 24.3 Å². The van der Waals surface area contributed by atoms with Gasteiger partial charge in [0.2, 0.25) is 0 Å². The average Bonchev–Trinajstić information content (AvgIpc) is 3.18. The Labute approximate surface area is 130 Å². The molecule has 0 spiro atoms. The number of hydrogen-bond acceptors (Lipinski definition) is 3. The number of rotatable bonds is 5. The van der Waals surface area contributed by atoms with Crippen molar-refractivity contribution in [2.45, 2.75) is 25.6 Å². The summed E-state index contributed by atoms with van der Waals surface area (Å²) in [5.41, 5.74) is 2.88. The molecule has 0 saturated carbocycles. The number of benzene rings is 1. The molecule has 3 N–H and O–H groups in total. The highest BCUT2D eigenvalue weighted by atomic mass is 16.3. The van der Waals surface area contributed by atoms with Crippen LogP contribution in [0.5, 0.6) is 0 Å². The fourth-order valence-corrected chi connectivity index (χ4v) is 2.82. The Morgan fingerprint density at radius 3 is 2.77 bits per heavy atom. The van der Waals surface area contributed by atoms with E-state index in [1.165, 1.54) is 5.56 Å². The summed E-state index contributed by atoms with van der Waals surface area (Å²) in [6.07, 6.45) is 2.37. The maximum Gasteiger partial charge on any atom is 0.267 e. The van der Waals surface area contributed by atoms with Crippen molar-refractivity contribution in [3.63, 3.8) is 0 Å². The van der Waals surface area contributed by atoms with Gasteiger partial charge in [-0.25, -0.2) is 0 Å². The molecule has 2 heterocycles. The van der Waals surface area contributed by atoms with Crippen molar-refractivity contribution in [3.05, 3.63) is 59.4 Å². The van der Waals surface area contributed by atoms with E-state index in [2.05, 4.69) is 21.3 Å². The van der Waals surface area contributed by atoms with E-state index in [-0.39, 0.29) is 12.0 Å². The molecule has 1 aromatic carbocycles. The number of β-amino-alcohol motifs (C(OH)–C–C–N with tert-alkyl or cyclic N) is 1.